The van der Waals surface area contributed by atoms with Gasteiger partial charge in [-0.25, -0.2) is 13.1 Å². The number of amides is 1. The summed E-state index contributed by atoms with van der Waals surface area (Å²) in [5.74, 6) is 0.0514. The van der Waals surface area contributed by atoms with Gasteiger partial charge in [0.1, 0.15) is 0 Å². The van der Waals surface area contributed by atoms with Crippen LogP contribution in [0.1, 0.15) is 30.6 Å². The first-order chi connectivity index (χ1) is 12.7. The topological polar surface area (TPSA) is 78.5 Å². The maximum Gasteiger partial charge on any atom is 0.255 e. The van der Waals surface area contributed by atoms with E-state index in [1.54, 1.807) is 24.3 Å². The highest BCUT2D eigenvalue weighted by Crippen LogP contribution is 2.17. The molecule has 2 rings (SSSR count). The van der Waals surface area contributed by atoms with Gasteiger partial charge in [0, 0.05) is 37.6 Å². The van der Waals surface area contributed by atoms with Crippen LogP contribution in [0.4, 0.5) is 11.4 Å². The number of hydrogen-bond donors (Lipinski definition) is 2. The molecule has 7 heteroatoms. The number of benzene rings is 2. The lowest BCUT2D eigenvalue weighted by atomic mass is 10.1. The average Bonchev–Trinajstić information content (AvgIpc) is 2.61. The van der Waals surface area contributed by atoms with Crippen molar-refractivity contribution in [2.45, 2.75) is 25.2 Å². The first-order valence-corrected chi connectivity index (χ1v) is 10.4. The molecule has 0 aliphatic carbocycles. The molecule has 27 heavy (non-hydrogen) atoms. The molecular formula is C20H27N3O3S. The standard InChI is InChI=1S/C20H27N3O3S/c1-15(2)12-13-21-27(25,26)19-7-5-6-16(14-19)20(24)22-17-8-10-18(11-9-17)23(3)4/h5-11,14-15,21H,12-13H2,1-4H3,(H,22,24). The summed E-state index contributed by atoms with van der Waals surface area (Å²) in [6.45, 7) is 4.43. The molecule has 0 aliphatic rings. The van der Waals surface area contributed by atoms with Crippen LogP contribution in [0.5, 0.6) is 0 Å². The highest BCUT2D eigenvalue weighted by molar-refractivity contribution is 7.89. The largest absolute Gasteiger partial charge is 0.378 e. The van der Waals surface area contributed by atoms with E-state index >= 15 is 0 Å². The smallest absolute Gasteiger partial charge is 0.255 e. The third-order valence-corrected chi connectivity index (χ3v) is 5.52. The van der Waals surface area contributed by atoms with Crippen LogP contribution in [0.25, 0.3) is 0 Å². The van der Waals surface area contributed by atoms with E-state index in [-0.39, 0.29) is 10.8 Å². The lowest BCUT2D eigenvalue weighted by Crippen LogP contribution is -2.26. The number of hydrogen-bond acceptors (Lipinski definition) is 4. The number of nitrogens with one attached hydrogen (secondary N) is 2. The lowest BCUT2D eigenvalue weighted by molar-refractivity contribution is 0.102. The fraction of sp³-hybridized carbons (Fsp3) is 0.350. The van der Waals surface area contributed by atoms with Crippen molar-refractivity contribution in [2.75, 3.05) is 30.9 Å². The highest BCUT2D eigenvalue weighted by Gasteiger charge is 2.16. The van der Waals surface area contributed by atoms with Gasteiger partial charge in [-0.15, -0.1) is 0 Å². The number of carbonyl (C=O) groups excluding carboxylic acids is 1. The van der Waals surface area contributed by atoms with E-state index in [0.29, 0.717) is 23.7 Å². The Hall–Kier alpha value is -2.38. The van der Waals surface area contributed by atoms with E-state index in [4.69, 9.17) is 0 Å². The Bertz CT molecular complexity index is 876. The minimum atomic E-state index is -3.64. The Kier molecular flexibility index (Phi) is 6.98. The summed E-state index contributed by atoms with van der Waals surface area (Å²) in [6, 6.07) is 13.5. The van der Waals surface area contributed by atoms with Gasteiger partial charge in [0.25, 0.3) is 5.91 Å². The second-order valence-corrected chi connectivity index (χ2v) is 8.77. The summed E-state index contributed by atoms with van der Waals surface area (Å²) in [5.41, 5.74) is 1.96. The van der Waals surface area contributed by atoms with Gasteiger partial charge in [0.05, 0.1) is 4.90 Å². The van der Waals surface area contributed by atoms with Crippen LogP contribution in [0.15, 0.2) is 53.4 Å². The molecule has 2 aromatic carbocycles. The first kappa shape index (κ1) is 20.9. The van der Waals surface area contributed by atoms with Crippen molar-refractivity contribution in [3.05, 3.63) is 54.1 Å². The van der Waals surface area contributed by atoms with Gasteiger partial charge in [-0.1, -0.05) is 19.9 Å². The maximum absolute atomic E-state index is 12.5. The molecule has 0 saturated carbocycles. The molecule has 6 nitrogen and oxygen atoms in total. The third kappa shape index (κ3) is 6.08. The summed E-state index contributed by atoms with van der Waals surface area (Å²) in [6.07, 6.45) is 0.752. The van der Waals surface area contributed by atoms with Crippen molar-refractivity contribution in [1.29, 1.82) is 0 Å². The molecule has 0 aromatic heterocycles. The molecule has 0 aliphatic heterocycles. The van der Waals surface area contributed by atoms with Gasteiger partial charge < -0.3 is 10.2 Å². The minimum Gasteiger partial charge on any atom is -0.378 e. The highest BCUT2D eigenvalue weighted by atomic mass is 32.2. The number of carbonyl (C=O) groups is 1. The average molecular weight is 390 g/mol. The Morgan fingerprint density at radius 3 is 2.33 bits per heavy atom. The monoisotopic (exact) mass is 389 g/mol. The fourth-order valence-corrected chi connectivity index (χ4v) is 3.51. The maximum atomic E-state index is 12.5. The molecule has 0 bridgehead atoms. The van der Waals surface area contributed by atoms with Gasteiger partial charge >= 0.3 is 0 Å². The zero-order valence-electron chi connectivity index (χ0n) is 16.2. The molecule has 0 atom stereocenters. The Morgan fingerprint density at radius 2 is 1.74 bits per heavy atom. The van der Waals surface area contributed by atoms with E-state index in [1.165, 1.54) is 12.1 Å². The van der Waals surface area contributed by atoms with Crippen LogP contribution in [-0.4, -0.2) is 35.0 Å². The van der Waals surface area contributed by atoms with E-state index in [1.807, 2.05) is 45.0 Å². The van der Waals surface area contributed by atoms with Crippen LogP contribution < -0.4 is 14.9 Å². The molecule has 2 N–H and O–H groups in total. The number of nitrogens with zero attached hydrogens (tertiary/aromatic N) is 1. The van der Waals surface area contributed by atoms with Crippen LogP contribution in [0.2, 0.25) is 0 Å². The van der Waals surface area contributed by atoms with Crippen LogP contribution in [-0.2, 0) is 10.0 Å². The summed E-state index contributed by atoms with van der Waals surface area (Å²) >= 11 is 0. The number of sulfonamides is 1. The van der Waals surface area contributed by atoms with E-state index in [2.05, 4.69) is 10.0 Å². The van der Waals surface area contributed by atoms with Gasteiger partial charge in [-0.05, 0) is 54.8 Å². The van der Waals surface area contributed by atoms with Gasteiger partial charge in [-0.2, -0.15) is 0 Å². The predicted molar refractivity (Wildman–Crippen MR) is 110 cm³/mol. The second-order valence-electron chi connectivity index (χ2n) is 7.00. The van der Waals surface area contributed by atoms with Crippen molar-refractivity contribution >= 4 is 27.3 Å². The Labute approximate surface area is 161 Å². The molecule has 0 radical (unpaired) electrons. The van der Waals surface area contributed by atoms with Crippen molar-refractivity contribution in [1.82, 2.24) is 4.72 Å². The fourth-order valence-electron chi connectivity index (χ4n) is 2.42. The van der Waals surface area contributed by atoms with Crippen LogP contribution in [0.3, 0.4) is 0 Å². The summed E-state index contributed by atoms with van der Waals surface area (Å²) in [5, 5.41) is 2.79. The molecule has 0 fully saturated rings. The second kappa shape index (κ2) is 9.01. The molecule has 1 amide bonds. The third-order valence-electron chi connectivity index (χ3n) is 4.06. The quantitative estimate of drug-likeness (QED) is 0.726. The van der Waals surface area contributed by atoms with Crippen molar-refractivity contribution in [2.24, 2.45) is 5.92 Å². The normalized spacial score (nSPS) is 11.4. The number of rotatable bonds is 8. The van der Waals surface area contributed by atoms with Gasteiger partial charge in [0.15, 0.2) is 0 Å². The molecule has 0 spiro atoms. The van der Waals surface area contributed by atoms with E-state index < -0.39 is 10.0 Å². The molecular weight excluding hydrogens is 362 g/mol. The van der Waals surface area contributed by atoms with Crippen LogP contribution >= 0.6 is 0 Å². The summed E-state index contributed by atoms with van der Waals surface area (Å²) in [7, 11) is 0.243. The van der Waals surface area contributed by atoms with Crippen molar-refractivity contribution in [3.63, 3.8) is 0 Å². The van der Waals surface area contributed by atoms with Gasteiger partial charge in [0.2, 0.25) is 10.0 Å². The zero-order chi connectivity index (χ0) is 20.0. The predicted octanol–water partition coefficient (Wildman–Crippen LogP) is 3.33. The Morgan fingerprint density at radius 1 is 1.07 bits per heavy atom. The Balaban J connectivity index is 2.10. The van der Waals surface area contributed by atoms with E-state index in [0.717, 1.165) is 12.1 Å². The molecule has 2 aromatic rings. The van der Waals surface area contributed by atoms with Crippen LogP contribution in [0, 0.1) is 5.92 Å². The minimum absolute atomic E-state index is 0.0851. The van der Waals surface area contributed by atoms with Gasteiger partial charge in [-0.3, -0.25) is 4.79 Å². The molecule has 0 saturated heterocycles. The van der Waals surface area contributed by atoms with E-state index in [9.17, 15) is 13.2 Å². The molecule has 146 valence electrons. The molecule has 0 heterocycles. The SMILES string of the molecule is CC(C)CCNS(=O)(=O)c1cccc(C(=O)Nc2ccc(N(C)C)cc2)c1. The first-order valence-electron chi connectivity index (χ1n) is 8.87. The summed E-state index contributed by atoms with van der Waals surface area (Å²) in [4.78, 5) is 14.5. The zero-order valence-corrected chi connectivity index (χ0v) is 17.0. The van der Waals surface area contributed by atoms with Crippen molar-refractivity contribution < 1.29 is 13.2 Å². The molecule has 0 unspecified atom stereocenters. The lowest BCUT2D eigenvalue weighted by Gasteiger charge is -2.13. The number of anilines is 2. The van der Waals surface area contributed by atoms with Crippen molar-refractivity contribution in [3.8, 4) is 0 Å². The summed E-state index contributed by atoms with van der Waals surface area (Å²) < 4.78 is 27.4.